The molecule has 0 spiro atoms. The van der Waals surface area contributed by atoms with Crippen molar-refractivity contribution >= 4 is 22.7 Å². The maximum Gasteiger partial charge on any atom is 0.406 e. The third-order valence-electron chi connectivity index (χ3n) is 3.35. The second-order valence-corrected chi connectivity index (χ2v) is 6.66. The summed E-state index contributed by atoms with van der Waals surface area (Å²) in [6.07, 6.45) is -3.75. The number of hydrogen-bond donors (Lipinski definition) is 1. The zero-order chi connectivity index (χ0) is 13.5. The van der Waals surface area contributed by atoms with E-state index in [1.807, 2.05) is 29.0 Å². The van der Waals surface area contributed by atoms with Crippen LogP contribution in [0.1, 0.15) is 17.7 Å². The fourth-order valence-corrected chi connectivity index (χ4v) is 3.60. The largest absolute Gasteiger partial charge is 0.406 e. The predicted octanol–water partition coefficient (Wildman–Crippen LogP) is 4.66. The molecule has 1 fully saturated rings. The molecule has 0 aliphatic heterocycles. The number of hydrogen-bond acceptors (Lipinski definition) is 3. The van der Waals surface area contributed by atoms with Crippen molar-refractivity contribution in [3.8, 4) is 10.4 Å². The zero-order valence-corrected chi connectivity index (χ0v) is 11.6. The molecule has 0 bridgehead atoms. The van der Waals surface area contributed by atoms with E-state index in [0.717, 1.165) is 15.3 Å². The van der Waals surface area contributed by atoms with Crippen LogP contribution in [0.3, 0.4) is 0 Å². The van der Waals surface area contributed by atoms with Crippen LogP contribution in [-0.2, 0) is 6.54 Å². The normalized spacial score (nSPS) is 17.6. The van der Waals surface area contributed by atoms with Crippen LogP contribution in [0.15, 0.2) is 29.0 Å². The van der Waals surface area contributed by atoms with Crippen molar-refractivity contribution in [3.05, 3.63) is 33.8 Å². The van der Waals surface area contributed by atoms with Gasteiger partial charge in [-0.3, -0.25) is 5.32 Å². The lowest BCUT2D eigenvalue weighted by Gasteiger charge is -2.20. The summed E-state index contributed by atoms with van der Waals surface area (Å²) in [6.45, 7) is 0.287. The minimum atomic E-state index is -4.14. The maximum atomic E-state index is 12.8. The molecule has 3 rings (SSSR count). The minimum absolute atomic E-state index is 0.194. The monoisotopic (exact) mass is 303 g/mol. The molecule has 2 aromatic heterocycles. The lowest BCUT2D eigenvalue weighted by molar-refractivity contribution is -0.166. The lowest BCUT2D eigenvalue weighted by Crippen LogP contribution is -2.44. The highest BCUT2D eigenvalue weighted by molar-refractivity contribution is 7.14. The van der Waals surface area contributed by atoms with E-state index in [1.165, 1.54) is 11.3 Å². The van der Waals surface area contributed by atoms with Crippen molar-refractivity contribution in [3.63, 3.8) is 0 Å². The van der Waals surface area contributed by atoms with Gasteiger partial charge in [-0.15, -0.1) is 22.7 Å². The number of thiophene rings is 2. The van der Waals surface area contributed by atoms with Gasteiger partial charge in [0.1, 0.15) is 5.54 Å². The van der Waals surface area contributed by atoms with Crippen LogP contribution in [0.5, 0.6) is 0 Å². The van der Waals surface area contributed by atoms with Crippen LogP contribution in [0, 0.1) is 0 Å². The number of nitrogens with one attached hydrogen (secondary N) is 1. The average Bonchev–Trinajstić information content (AvgIpc) is 2.80. The van der Waals surface area contributed by atoms with Crippen LogP contribution in [-0.4, -0.2) is 11.7 Å². The molecule has 102 valence electrons. The molecule has 1 aliphatic rings. The maximum absolute atomic E-state index is 12.8. The van der Waals surface area contributed by atoms with Gasteiger partial charge in [0.25, 0.3) is 0 Å². The van der Waals surface area contributed by atoms with E-state index in [9.17, 15) is 13.2 Å². The predicted molar refractivity (Wildman–Crippen MR) is 72.5 cm³/mol. The quantitative estimate of drug-likeness (QED) is 0.866. The molecule has 0 amide bonds. The van der Waals surface area contributed by atoms with Crippen molar-refractivity contribution in [2.75, 3.05) is 0 Å². The first-order valence-corrected chi connectivity index (χ1v) is 7.69. The van der Waals surface area contributed by atoms with Crippen LogP contribution in [0.4, 0.5) is 13.2 Å². The molecule has 1 N–H and O–H groups in total. The first-order chi connectivity index (χ1) is 9.00. The van der Waals surface area contributed by atoms with Gasteiger partial charge >= 0.3 is 6.18 Å². The highest BCUT2D eigenvalue weighted by atomic mass is 32.1. The number of halogens is 3. The SMILES string of the molecule is FC(F)(F)C1(NCc2cc(-c3cccs3)cs2)CC1. The highest BCUT2D eigenvalue weighted by Gasteiger charge is 2.62. The topological polar surface area (TPSA) is 12.0 Å². The summed E-state index contributed by atoms with van der Waals surface area (Å²) in [7, 11) is 0. The van der Waals surface area contributed by atoms with Crippen molar-refractivity contribution < 1.29 is 13.2 Å². The molecular weight excluding hydrogens is 291 g/mol. The van der Waals surface area contributed by atoms with E-state index in [0.29, 0.717) is 0 Å². The summed E-state index contributed by atoms with van der Waals surface area (Å²) in [6, 6.07) is 5.95. The second kappa shape index (κ2) is 4.61. The summed E-state index contributed by atoms with van der Waals surface area (Å²) in [5, 5.41) is 6.66. The Balaban J connectivity index is 1.66. The molecule has 1 aliphatic carbocycles. The Kier molecular flexibility index (Phi) is 3.19. The molecule has 0 aromatic carbocycles. The molecule has 1 nitrogen and oxygen atoms in total. The van der Waals surface area contributed by atoms with Gasteiger partial charge in [0.2, 0.25) is 0 Å². The molecule has 1 saturated carbocycles. The third kappa shape index (κ3) is 2.57. The van der Waals surface area contributed by atoms with E-state index in [1.54, 1.807) is 11.3 Å². The van der Waals surface area contributed by atoms with Crippen LogP contribution in [0.25, 0.3) is 10.4 Å². The molecule has 0 saturated heterocycles. The number of alkyl halides is 3. The van der Waals surface area contributed by atoms with Crippen LogP contribution in [0.2, 0.25) is 0 Å². The summed E-state index contributed by atoms with van der Waals surface area (Å²) in [5.74, 6) is 0. The Morgan fingerprint density at radius 1 is 1.26 bits per heavy atom. The first-order valence-electron chi connectivity index (χ1n) is 5.93. The van der Waals surface area contributed by atoms with E-state index < -0.39 is 11.7 Å². The highest BCUT2D eigenvalue weighted by Crippen LogP contribution is 2.49. The summed E-state index contributed by atoms with van der Waals surface area (Å²) >= 11 is 3.14. The summed E-state index contributed by atoms with van der Waals surface area (Å²) in [4.78, 5) is 2.10. The average molecular weight is 303 g/mol. The fourth-order valence-electron chi connectivity index (χ4n) is 1.99. The molecule has 2 heterocycles. The second-order valence-electron chi connectivity index (χ2n) is 4.71. The smallest absolute Gasteiger partial charge is 0.299 e. The Morgan fingerprint density at radius 3 is 2.63 bits per heavy atom. The van der Waals surface area contributed by atoms with Gasteiger partial charge in [-0.1, -0.05) is 6.07 Å². The first kappa shape index (κ1) is 13.1. The molecule has 0 unspecified atom stereocenters. The Morgan fingerprint density at radius 2 is 2.05 bits per heavy atom. The van der Waals surface area contributed by atoms with Crippen LogP contribution >= 0.6 is 22.7 Å². The molecular formula is C13H12F3NS2. The fraction of sp³-hybridized carbons (Fsp3) is 0.385. The summed E-state index contributed by atoms with van der Waals surface area (Å²) < 4.78 is 38.3. The third-order valence-corrected chi connectivity index (χ3v) is 5.21. The van der Waals surface area contributed by atoms with Gasteiger partial charge in [0.05, 0.1) is 0 Å². The van der Waals surface area contributed by atoms with Crippen molar-refractivity contribution in [1.29, 1.82) is 0 Å². The van der Waals surface area contributed by atoms with Gasteiger partial charge < -0.3 is 0 Å². The Labute approximate surface area is 117 Å². The van der Waals surface area contributed by atoms with E-state index >= 15 is 0 Å². The van der Waals surface area contributed by atoms with Gasteiger partial charge in [-0.05, 0) is 35.7 Å². The Bertz CT molecular complexity index is 553. The van der Waals surface area contributed by atoms with Gasteiger partial charge in [0.15, 0.2) is 0 Å². The van der Waals surface area contributed by atoms with Gasteiger partial charge in [-0.2, -0.15) is 13.2 Å². The summed E-state index contributed by atoms with van der Waals surface area (Å²) in [5.41, 5.74) is -0.534. The molecule has 6 heteroatoms. The molecule has 0 radical (unpaired) electrons. The zero-order valence-electron chi connectivity index (χ0n) is 9.96. The molecule has 0 atom stereocenters. The van der Waals surface area contributed by atoms with E-state index in [2.05, 4.69) is 5.32 Å². The van der Waals surface area contributed by atoms with Crippen molar-refractivity contribution in [2.45, 2.75) is 31.1 Å². The van der Waals surface area contributed by atoms with Crippen LogP contribution < -0.4 is 5.32 Å². The van der Waals surface area contributed by atoms with Crippen molar-refractivity contribution in [2.24, 2.45) is 0 Å². The van der Waals surface area contributed by atoms with E-state index in [-0.39, 0.29) is 19.4 Å². The standard InChI is InChI=1S/C13H12F3NS2/c14-13(15,16)12(3-4-12)17-7-10-6-9(8-19-10)11-2-1-5-18-11/h1-2,5-6,8,17H,3-4,7H2. The Hall–Kier alpha value is -0.850. The number of rotatable bonds is 4. The minimum Gasteiger partial charge on any atom is -0.299 e. The van der Waals surface area contributed by atoms with Gasteiger partial charge in [0, 0.05) is 21.9 Å². The lowest BCUT2D eigenvalue weighted by atomic mass is 10.2. The van der Waals surface area contributed by atoms with Gasteiger partial charge in [-0.25, -0.2) is 0 Å². The van der Waals surface area contributed by atoms with E-state index in [4.69, 9.17) is 0 Å². The molecule has 19 heavy (non-hydrogen) atoms. The van der Waals surface area contributed by atoms with Crippen molar-refractivity contribution in [1.82, 2.24) is 5.32 Å². The molecule has 2 aromatic rings.